The zero-order chi connectivity index (χ0) is 16.2. The number of aromatic nitrogens is 2. The molecule has 2 N–H and O–H groups in total. The van der Waals surface area contributed by atoms with E-state index in [0.717, 1.165) is 0 Å². The first kappa shape index (κ1) is 15.8. The molecule has 1 aromatic rings. The van der Waals surface area contributed by atoms with E-state index in [1.807, 2.05) is 34.6 Å². The number of carboxylic acids is 1. The van der Waals surface area contributed by atoms with Gasteiger partial charge < -0.3 is 10.4 Å². The number of nitrogens with one attached hydrogen (secondary N) is 1. The fourth-order valence-corrected chi connectivity index (χ4v) is 3.15. The summed E-state index contributed by atoms with van der Waals surface area (Å²) in [5.41, 5.74) is -0.840. The van der Waals surface area contributed by atoms with Crippen molar-refractivity contribution in [2.24, 2.45) is 0 Å². The Bertz CT molecular complexity index is 659. The van der Waals surface area contributed by atoms with Crippen LogP contribution in [0.5, 0.6) is 0 Å². The Balaban J connectivity index is 2.70. The molecule has 0 aromatic carbocycles. The molecule has 0 spiro atoms. The van der Waals surface area contributed by atoms with Gasteiger partial charge in [0.1, 0.15) is 6.04 Å². The maximum atomic E-state index is 12.6. The van der Waals surface area contributed by atoms with Crippen molar-refractivity contribution in [3.8, 4) is 0 Å². The highest BCUT2D eigenvalue weighted by Crippen LogP contribution is 2.42. The highest BCUT2D eigenvalue weighted by molar-refractivity contribution is 6.30. The van der Waals surface area contributed by atoms with Crippen LogP contribution in [0.4, 0.5) is 5.82 Å². The maximum absolute atomic E-state index is 12.6. The van der Waals surface area contributed by atoms with Gasteiger partial charge in [-0.1, -0.05) is 25.4 Å². The molecule has 0 saturated carbocycles. The average Bonchev–Trinajstić information content (AvgIpc) is 2.56. The van der Waals surface area contributed by atoms with Crippen molar-refractivity contribution in [1.82, 2.24) is 9.55 Å². The minimum absolute atomic E-state index is 0.0835. The Morgan fingerprint density at radius 3 is 2.52 bits per heavy atom. The molecular weight excluding hydrogens is 294 g/mol. The second-order valence-electron chi connectivity index (χ2n) is 7.09. The minimum Gasteiger partial charge on any atom is -0.480 e. The van der Waals surface area contributed by atoms with E-state index < -0.39 is 23.0 Å². The quantitative estimate of drug-likeness (QED) is 0.876. The molecule has 0 unspecified atom stereocenters. The number of hydrogen-bond acceptors (Lipinski definition) is 4. The summed E-state index contributed by atoms with van der Waals surface area (Å²) in [6.07, 6.45) is 0.317. The molecule has 21 heavy (non-hydrogen) atoms. The molecule has 7 heteroatoms. The highest BCUT2D eigenvalue weighted by Gasteiger charge is 2.44. The summed E-state index contributed by atoms with van der Waals surface area (Å²) >= 11 is 6.23. The monoisotopic (exact) mass is 313 g/mol. The van der Waals surface area contributed by atoms with Gasteiger partial charge in [0.05, 0.1) is 5.69 Å². The van der Waals surface area contributed by atoms with Crippen LogP contribution in [0, 0.1) is 0 Å². The molecule has 0 aliphatic carbocycles. The van der Waals surface area contributed by atoms with Crippen LogP contribution in [-0.4, -0.2) is 26.2 Å². The number of carbonyl (C=O) groups is 1. The first-order chi connectivity index (χ1) is 9.44. The largest absolute Gasteiger partial charge is 0.480 e. The highest BCUT2D eigenvalue weighted by atomic mass is 35.5. The van der Waals surface area contributed by atoms with Crippen molar-refractivity contribution in [3.05, 3.63) is 21.2 Å². The number of nitrogens with zero attached hydrogens (tertiary/aromatic N) is 2. The second-order valence-corrected chi connectivity index (χ2v) is 7.45. The number of fused-ring (bicyclic) bond motifs is 1. The van der Waals surface area contributed by atoms with Gasteiger partial charge in [-0.05, 0) is 27.2 Å². The second kappa shape index (κ2) is 4.73. The van der Waals surface area contributed by atoms with E-state index in [1.54, 1.807) is 0 Å². The molecule has 1 atom stereocenters. The van der Waals surface area contributed by atoms with E-state index in [-0.39, 0.29) is 16.5 Å². The Kier molecular flexibility index (Phi) is 3.56. The maximum Gasteiger partial charge on any atom is 0.326 e. The Hall–Kier alpha value is -1.56. The van der Waals surface area contributed by atoms with Crippen molar-refractivity contribution >= 4 is 23.4 Å². The minimum atomic E-state index is -1.03. The van der Waals surface area contributed by atoms with Crippen molar-refractivity contribution in [2.75, 3.05) is 5.32 Å². The predicted molar refractivity (Wildman–Crippen MR) is 81.2 cm³/mol. The van der Waals surface area contributed by atoms with Gasteiger partial charge in [-0.15, -0.1) is 0 Å². The van der Waals surface area contributed by atoms with Crippen LogP contribution in [0.25, 0.3) is 0 Å². The lowest BCUT2D eigenvalue weighted by Crippen LogP contribution is -2.36. The number of halogens is 1. The summed E-state index contributed by atoms with van der Waals surface area (Å²) in [6.45, 7) is 9.40. The number of carboxylic acid groups (broad SMARTS) is 1. The van der Waals surface area contributed by atoms with Crippen LogP contribution in [0.2, 0.25) is 5.15 Å². The molecule has 0 saturated heterocycles. The normalized spacial score (nSPS) is 20.2. The van der Waals surface area contributed by atoms with Gasteiger partial charge in [-0.2, -0.15) is 0 Å². The van der Waals surface area contributed by atoms with Crippen LogP contribution in [0.3, 0.4) is 0 Å². The van der Waals surface area contributed by atoms with Crippen molar-refractivity contribution in [1.29, 1.82) is 0 Å². The third-order valence-electron chi connectivity index (χ3n) is 3.50. The van der Waals surface area contributed by atoms with Crippen LogP contribution >= 0.6 is 11.6 Å². The molecule has 116 valence electrons. The van der Waals surface area contributed by atoms with Crippen LogP contribution in [0.15, 0.2) is 4.79 Å². The first-order valence-corrected chi connectivity index (χ1v) is 7.15. The summed E-state index contributed by atoms with van der Waals surface area (Å²) in [5, 5.41) is 12.5. The topological polar surface area (TPSA) is 84.2 Å². The van der Waals surface area contributed by atoms with Gasteiger partial charge in [0.2, 0.25) is 0 Å². The molecule has 6 nitrogen and oxygen atoms in total. The Labute approximate surface area is 128 Å². The van der Waals surface area contributed by atoms with Crippen molar-refractivity contribution < 1.29 is 9.90 Å². The van der Waals surface area contributed by atoms with Crippen molar-refractivity contribution in [3.63, 3.8) is 0 Å². The van der Waals surface area contributed by atoms with Crippen LogP contribution in [-0.2, 0) is 10.2 Å². The first-order valence-electron chi connectivity index (χ1n) is 6.77. The van der Waals surface area contributed by atoms with Gasteiger partial charge in [-0.3, -0.25) is 9.36 Å². The lowest BCUT2D eigenvalue weighted by Gasteiger charge is -2.23. The summed E-state index contributed by atoms with van der Waals surface area (Å²) in [6, 6.07) is -0.913. The molecule has 2 heterocycles. The number of aliphatic carboxylic acids is 1. The average molecular weight is 314 g/mol. The zero-order valence-corrected chi connectivity index (χ0v) is 13.6. The van der Waals surface area contributed by atoms with Gasteiger partial charge in [-0.25, -0.2) is 9.78 Å². The molecule has 0 amide bonds. The summed E-state index contributed by atoms with van der Waals surface area (Å²) < 4.78 is 1.27. The molecule has 1 aliphatic rings. The van der Waals surface area contributed by atoms with Crippen LogP contribution in [0.1, 0.15) is 52.8 Å². The molecule has 0 bridgehead atoms. The summed E-state index contributed by atoms with van der Waals surface area (Å²) in [5.74, 6) is -0.951. The predicted octanol–water partition coefficient (Wildman–Crippen LogP) is 2.41. The van der Waals surface area contributed by atoms with Gasteiger partial charge >= 0.3 is 5.97 Å². The van der Waals surface area contributed by atoms with E-state index in [9.17, 15) is 14.7 Å². The molecule has 1 aliphatic heterocycles. The molecule has 0 fully saturated rings. The third kappa shape index (κ3) is 2.77. The van der Waals surface area contributed by atoms with E-state index in [0.29, 0.717) is 12.1 Å². The summed E-state index contributed by atoms with van der Waals surface area (Å²) in [7, 11) is 0. The van der Waals surface area contributed by atoms with Crippen LogP contribution < -0.4 is 10.9 Å². The van der Waals surface area contributed by atoms with Gasteiger partial charge in [0.15, 0.2) is 11.0 Å². The zero-order valence-electron chi connectivity index (χ0n) is 12.8. The number of anilines is 1. The van der Waals surface area contributed by atoms with Crippen molar-refractivity contribution in [2.45, 2.75) is 58.0 Å². The van der Waals surface area contributed by atoms with E-state index in [4.69, 9.17) is 11.6 Å². The number of rotatable bonds is 2. The Morgan fingerprint density at radius 2 is 2.05 bits per heavy atom. The summed E-state index contributed by atoms with van der Waals surface area (Å²) in [4.78, 5) is 28.2. The van der Waals surface area contributed by atoms with Gasteiger partial charge in [0, 0.05) is 11.0 Å². The smallest absolute Gasteiger partial charge is 0.326 e. The molecular formula is C14H20ClN3O3. The van der Waals surface area contributed by atoms with Gasteiger partial charge in [0.25, 0.3) is 5.56 Å². The molecule has 2 rings (SSSR count). The Morgan fingerprint density at radius 1 is 1.48 bits per heavy atom. The van der Waals surface area contributed by atoms with E-state index in [1.165, 1.54) is 4.57 Å². The van der Waals surface area contributed by atoms with E-state index in [2.05, 4.69) is 10.3 Å². The number of hydrogen-bond donors (Lipinski definition) is 2. The van der Waals surface area contributed by atoms with E-state index >= 15 is 0 Å². The lowest BCUT2D eigenvalue weighted by molar-refractivity contribution is -0.140. The third-order valence-corrected chi connectivity index (χ3v) is 3.77. The lowest BCUT2D eigenvalue weighted by atomic mass is 9.87. The molecule has 0 radical (unpaired) electrons. The SMILES string of the molecule is CC(C)(C)Nc1nc(Cl)c2n(c1=O)[C@H](C(=O)O)CC2(C)C. The fraction of sp³-hybridized carbons (Fsp3) is 0.643. The standard InChI is InChI=1S/C14H20ClN3O3/c1-13(2,3)17-10-11(19)18-7(12(20)21)6-14(4,5)8(18)9(15)16-10/h7H,6H2,1-5H3,(H,16,17)(H,20,21)/t7-/m0/s1. The molecule has 1 aromatic heterocycles. The fourth-order valence-electron chi connectivity index (χ4n) is 2.72.